The topological polar surface area (TPSA) is 23.5 Å². The van der Waals surface area contributed by atoms with E-state index in [0.29, 0.717) is 5.92 Å². The van der Waals surface area contributed by atoms with Crippen molar-refractivity contribution in [3.63, 3.8) is 0 Å². The lowest BCUT2D eigenvalue weighted by Crippen LogP contribution is -2.46. The molecule has 0 bridgehead atoms. The third-order valence-corrected chi connectivity index (χ3v) is 4.71. The number of nitrogens with zero attached hydrogens (tertiary/aromatic N) is 1. The van der Waals surface area contributed by atoms with Gasteiger partial charge in [0, 0.05) is 19.0 Å². The molecule has 3 rings (SSSR count). The number of rotatable bonds is 2. The molecule has 3 atom stereocenters. The van der Waals surface area contributed by atoms with E-state index in [1.807, 2.05) is 0 Å². The second kappa shape index (κ2) is 5.41. The minimum atomic E-state index is -0.0534. The first kappa shape index (κ1) is 12.2. The molecule has 3 unspecified atom stereocenters. The van der Waals surface area contributed by atoms with E-state index in [0.717, 1.165) is 25.4 Å². The molecular formula is C16H23NO. The van der Waals surface area contributed by atoms with E-state index >= 15 is 0 Å². The molecule has 1 saturated carbocycles. The molecule has 2 aliphatic rings. The number of benzene rings is 1. The summed E-state index contributed by atoms with van der Waals surface area (Å²) in [5.41, 5.74) is 1.39. The Morgan fingerprint density at radius 3 is 2.78 bits per heavy atom. The highest BCUT2D eigenvalue weighted by Gasteiger charge is 2.36. The van der Waals surface area contributed by atoms with Gasteiger partial charge < -0.3 is 5.11 Å². The van der Waals surface area contributed by atoms with Crippen LogP contribution in [0.2, 0.25) is 0 Å². The third kappa shape index (κ3) is 2.60. The average Bonchev–Trinajstić information content (AvgIpc) is 2.41. The molecule has 1 aromatic rings. The zero-order valence-corrected chi connectivity index (χ0v) is 11.0. The van der Waals surface area contributed by atoms with E-state index in [1.165, 1.54) is 31.4 Å². The summed E-state index contributed by atoms with van der Waals surface area (Å²) in [6, 6.07) is 10.7. The fourth-order valence-electron chi connectivity index (χ4n) is 3.68. The smallest absolute Gasteiger partial charge is 0.0583 e. The van der Waals surface area contributed by atoms with E-state index in [2.05, 4.69) is 35.2 Å². The fourth-order valence-corrected chi connectivity index (χ4v) is 3.68. The first-order chi connectivity index (χ1) is 8.83. The van der Waals surface area contributed by atoms with Crippen LogP contribution >= 0.6 is 0 Å². The lowest BCUT2D eigenvalue weighted by atomic mass is 9.73. The number of aliphatic hydroxyl groups is 1. The third-order valence-electron chi connectivity index (χ3n) is 4.71. The van der Waals surface area contributed by atoms with Gasteiger partial charge in [-0.1, -0.05) is 36.8 Å². The molecule has 98 valence electrons. The summed E-state index contributed by atoms with van der Waals surface area (Å²) < 4.78 is 0. The van der Waals surface area contributed by atoms with Crippen molar-refractivity contribution in [2.24, 2.45) is 11.8 Å². The van der Waals surface area contributed by atoms with Crippen molar-refractivity contribution < 1.29 is 5.11 Å². The molecule has 0 radical (unpaired) electrons. The van der Waals surface area contributed by atoms with E-state index < -0.39 is 0 Å². The molecule has 1 N–H and O–H groups in total. The van der Waals surface area contributed by atoms with Crippen molar-refractivity contribution in [1.82, 2.24) is 4.90 Å². The summed E-state index contributed by atoms with van der Waals surface area (Å²) in [5.74, 6) is 1.30. The Morgan fingerprint density at radius 1 is 1.11 bits per heavy atom. The van der Waals surface area contributed by atoms with Gasteiger partial charge in [0.2, 0.25) is 0 Å². The number of hydrogen-bond acceptors (Lipinski definition) is 2. The monoisotopic (exact) mass is 245 g/mol. The van der Waals surface area contributed by atoms with Crippen LogP contribution in [0.25, 0.3) is 0 Å². The molecule has 0 spiro atoms. The number of fused-ring (bicyclic) bond motifs is 1. The summed E-state index contributed by atoms with van der Waals surface area (Å²) >= 11 is 0. The minimum absolute atomic E-state index is 0.0534. The van der Waals surface area contributed by atoms with Gasteiger partial charge in [0.15, 0.2) is 0 Å². The highest BCUT2D eigenvalue weighted by Crippen LogP contribution is 2.36. The second-order valence-corrected chi connectivity index (χ2v) is 5.93. The SMILES string of the molecule is OC1CCCC2CCN(Cc3ccccc3)CC12. The normalized spacial score (nSPS) is 33.1. The number of likely N-dealkylation sites (tertiary alicyclic amines) is 1. The van der Waals surface area contributed by atoms with Gasteiger partial charge in [-0.3, -0.25) is 4.90 Å². The maximum Gasteiger partial charge on any atom is 0.0583 e. The van der Waals surface area contributed by atoms with Gasteiger partial charge in [0.05, 0.1) is 6.10 Å². The molecule has 1 saturated heterocycles. The molecule has 2 fully saturated rings. The Kier molecular flexibility index (Phi) is 3.67. The summed E-state index contributed by atoms with van der Waals surface area (Å²) in [5, 5.41) is 10.2. The van der Waals surface area contributed by atoms with Gasteiger partial charge in [-0.25, -0.2) is 0 Å². The molecule has 1 heterocycles. The van der Waals surface area contributed by atoms with Gasteiger partial charge in [-0.05, 0) is 37.3 Å². The Balaban J connectivity index is 1.62. The Labute approximate surface area is 110 Å². The maximum absolute atomic E-state index is 10.2. The van der Waals surface area contributed by atoms with Crippen LogP contribution in [0.15, 0.2) is 30.3 Å². The number of piperidine rings is 1. The van der Waals surface area contributed by atoms with E-state index in [-0.39, 0.29) is 6.10 Å². The fraction of sp³-hybridized carbons (Fsp3) is 0.625. The van der Waals surface area contributed by atoms with Crippen molar-refractivity contribution in [1.29, 1.82) is 0 Å². The van der Waals surface area contributed by atoms with Gasteiger partial charge in [-0.2, -0.15) is 0 Å². The van der Waals surface area contributed by atoms with E-state index in [1.54, 1.807) is 0 Å². The van der Waals surface area contributed by atoms with Crippen LogP contribution in [0.5, 0.6) is 0 Å². The average molecular weight is 245 g/mol. The molecule has 0 amide bonds. The van der Waals surface area contributed by atoms with Crippen LogP contribution in [-0.4, -0.2) is 29.2 Å². The Bertz CT molecular complexity index is 378. The van der Waals surface area contributed by atoms with Crippen LogP contribution in [0, 0.1) is 11.8 Å². The largest absolute Gasteiger partial charge is 0.393 e. The molecule has 2 nitrogen and oxygen atoms in total. The van der Waals surface area contributed by atoms with E-state index in [9.17, 15) is 5.11 Å². The van der Waals surface area contributed by atoms with Gasteiger partial charge >= 0.3 is 0 Å². The van der Waals surface area contributed by atoms with Crippen molar-refractivity contribution in [2.45, 2.75) is 38.3 Å². The standard InChI is InChI=1S/C16H23NO/c18-16-8-4-7-14-9-10-17(12-15(14)16)11-13-5-2-1-3-6-13/h1-3,5-6,14-16,18H,4,7-12H2. The van der Waals surface area contributed by atoms with Crippen molar-refractivity contribution >= 4 is 0 Å². The molecular weight excluding hydrogens is 222 g/mol. The van der Waals surface area contributed by atoms with Gasteiger partial charge in [-0.15, -0.1) is 0 Å². The zero-order chi connectivity index (χ0) is 12.4. The van der Waals surface area contributed by atoms with Crippen LogP contribution < -0.4 is 0 Å². The zero-order valence-electron chi connectivity index (χ0n) is 11.0. The summed E-state index contributed by atoms with van der Waals surface area (Å²) in [6.07, 6.45) is 4.79. The lowest BCUT2D eigenvalue weighted by molar-refractivity contribution is -0.0196. The molecule has 0 aromatic heterocycles. The predicted molar refractivity (Wildman–Crippen MR) is 73.2 cm³/mol. The molecule has 1 aliphatic heterocycles. The molecule has 18 heavy (non-hydrogen) atoms. The van der Waals surface area contributed by atoms with Gasteiger partial charge in [0.1, 0.15) is 0 Å². The van der Waals surface area contributed by atoms with E-state index in [4.69, 9.17) is 0 Å². The first-order valence-corrected chi connectivity index (χ1v) is 7.27. The highest BCUT2D eigenvalue weighted by molar-refractivity contribution is 5.14. The number of aliphatic hydroxyl groups excluding tert-OH is 1. The van der Waals surface area contributed by atoms with Gasteiger partial charge in [0.25, 0.3) is 0 Å². The molecule has 2 heteroatoms. The first-order valence-electron chi connectivity index (χ1n) is 7.27. The molecule has 1 aliphatic carbocycles. The maximum atomic E-state index is 10.2. The Morgan fingerprint density at radius 2 is 1.94 bits per heavy atom. The summed E-state index contributed by atoms with van der Waals surface area (Å²) in [7, 11) is 0. The predicted octanol–water partition coefficient (Wildman–Crippen LogP) is 2.67. The Hall–Kier alpha value is -0.860. The van der Waals surface area contributed by atoms with Crippen molar-refractivity contribution in [3.8, 4) is 0 Å². The van der Waals surface area contributed by atoms with Crippen LogP contribution in [-0.2, 0) is 6.54 Å². The quantitative estimate of drug-likeness (QED) is 0.866. The van der Waals surface area contributed by atoms with Crippen LogP contribution in [0.3, 0.4) is 0 Å². The highest BCUT2D eigenvalue weighted by atomic mass is 16.3. The minimum Gasteiger partial charge on any atom is -0.393 e. The molecule has 1 aromatic carbocycles. The van der Waals surface area contributed by atoms with Crippen molar-refractivity contribution in [2.75, 3.05) is 13.1 Å². The second-order valence-electron chi connectivity index (χ2n) is 5.93. The lowest BCUT2D eigenvalue weighted by Gasteiger charge is -2.43. The number of hydrogen-bond donors (Lipinski definition) is 1. The van der Waals surface area contributed by atoms with Crippen molar-refractivity contribution in [3.05, 3.63) is 35.9 Å². The summed E-state index contributed by atoms with van der Waals surface area (Å²) in [4.78, 5) is 2.52. The van der Waals surface area contributed by atoms with Crippen LogP contribution in [0.4, 0.5) is 0 Å². The van der Waals surface area contributed by atoms with Crippen LogP contribution in [0.1, 0.15) is 31.2 Å². The summed E-state index contributed by atoms with van der Waals surface area (Å²) in [6.45, 7) is 3.32.